The molecule has 0 aliphatic rings. The maximum absolute atomic E-state index is 12.2. The number of hydrogen-bond acceptors (Lipinski definition) is 4. The SMILES string of the molecule is O=C(c1ccccc1)c1ccc2oc(O)c(O)c2c1. The summed E-state index contributed by atoms with van der Waals surface area (Å²) < 4.78 is 4.93. The summed E-state index contributed by atoms with van der Waals surface area (Å²) in [5.41, 5.74) is 1.32. The molecule has 4 heteroatoms. The highest BCUT2D eigenvalue weighted by Crippen LogP contribution is 2.37. The van der Waals surface area contributed by atoms with Crippen LogP contribution in [0.4, 0.5) is 0 Å². The Morgan fingerprint density at radius 3 is 2.42 bits per heavy atom. The van der Waals surface area contributed by atoms with Crippen LogP contribution >= 0.6 is 0 Å². The van der Waals surface area contributed by atoms with Crippen molar-refractivity contribution in [3.63, 3.8) is 0 Å². The van der Waals surface area contributed by atoms with Gasteiger partial charge in [-0.25, -0.2) is 0 Å². The predicted octanol–water partition coefficient (Wildman–Crippen LogP) is 3.08. The van der Waals surface area contributed by atoms with E-state index in [1.54, 1.807) is 36.4 Å². The van der Waals surface area contributed by atoms with Gasteiger partial charge in [0.15, 0.2) is 5.78 Å². The number of furan rings is 1. The summed E-state index contributed by atoms with van der Waals surface area (Å²) in [4.78, 5) is 12.2. The molecule has 0 bridgehead atoms. The lowest BCUT2D eigenvalue weighted by atomic mass is 10.0. The molecular formula is C15H10O4. The van der Waals surface area contributed by atoms with Crippen LogP contribution in [0.15, 0.2) is 52.9 Å². The highest BCUT2D eigenvalue weighted by atomic mass is 16.5. The molecular weight excluding hydrogens is 244 g/mol. The number of carbonyl (C=O) groups excluding carboxylic acids is 1. The van der Waals surface area contributed by atoms with Crippen molar-refractivity contribution >= 4 is 16.8 Å². The van der Waals surface area contributed by atoms with Crippen LogP contribution in [0.2, 0.25) is 0 Å². The Kier molecular flexibility index (Phi) is 2.49. The van der Waals surface area contributed by atoms with Gasteiger partial charge >= 0.3 is 5.95 Å². The van der Waals surface area contributed by atoms with Crippen LogP contribution in [-0.4, -0.2) is 16.0 Å². The van der Waals surface area contributed by atoms with E-state index in [-0.39, 0.29) is 11.5 Å². The van der Waals surface area contributed by atoms with Crippen LogP contribution < -0.4 is 0 Å². The van der Waals surface area contributed by atoms with Gasteiger partial charge in [0.25, 0.3) is 0 Å². The van der Waals surface area contributed by atoms with Crippen molar-refractivity contribution in [2.24, 2.45) is 0 Å². The van der Waals surface area contributed by atoms with Crippen molar-refractivity contribution in [3.05, 3.63) is 59.7 Å². The largest absolute Gasteiger partial charge is 0.501 e. The Balaban J connectivity index is 2.11. The molecule has 2 N–H and O–H groups in total. The first-order valence-electron chi connectivity index (χ1n) is 5.71. The first-order chi connectivity index (χ1) is 9.16. The molecule has 0 saturated heterocycles. The number of rotatable bonds is 2. The van der Waals surface area contributed by atoms with E-state index in [0.717, 1.165) is 0 Å². The Hall–Kier alpha value is -2.75. The zero-order valence-corrected chi connectivity index (χ0v) is 9.83. The van der Waals surface area contributed by atoms with Gasteiger partial charge in [-0.2, -0.15) is 0 Å². The molecule has 0 aliphatic heterocycles. The molecule has 0 fully saturated rings. The molecule has 3 rings (SSSR count). The molecule has 0 unspecified atom stereocenters. The first-order valence-corrected chi connectivity index (χ1v) is 5.71. The molecule has 0 spiro atoms. The fourth-order valence-corrected chi connectivity index (χ4v) is 1.97. The van der Waals surface area contributed by atoms with E-state index < -0.39 is 5.95 Å². The fourth-order valence-electron chi connectivity index (χ4n) is 1.97. The molecule has 0 saturated carbocycles. The van der Waals surface area contributed by atoms with Gasteiger partial charge in [-0.15, -0.1) is 0 Å². The minimum Gasteiger partial charge on any atom is -0.501 e. The van der Waals surface area contributed by atoms with Crippen LogP contribution in [0.3, 0.4) is 0 Å². The Morgan fingerprint density at radius 2 is 1.68 bits per heavy atom. The van der Waals surface area contributed by atoms with Gasteiger partial charge in [0, 0.05) is 11.1 Å². The summed E-state index contributed by atoms with van der Waals surface area (Å²) in [6.07, 6.45) is 0. The Morgan fingerprint density at radius 1 is 0.947 bits per heavy atom. The highest BCUT2D eigenvalue weighted by Gasteiger charge is 2.15. The molecule has 2 aromatic carbocycles. The van der Waals surface area contributed by atoms with Crippen LogP contribution in [0, 0.1) is 0 Å². The van der Waals surface area contributed by atoms with E-state index in [2.05, 4.69) is 0 Å². The summed E-state index contributed by atoms with van der Waals surface area (Å²) in [6, 6.07) is 13.5. The third-order valence-corrected chi connectivity index (χ3v) is 2.94. The second-order valence-corrected chi connectivity index (χ2v) is 4.16. The zero-order chi connectivity index (χ0) is 13.4. The van der Waals surface area contributed by atoms with Gasteiger partial charge in [0.05, 0.1) is 5.39 Å². The molecule has 94 valence electrons. The van der Waals surface area contributed by atoms with E-state index in [1.807, 2.05) is 6.07 Å². The lowest BCUT2D eigenvalue weighted by molar-refractivity contribution is 0.103. The van der Waals surface area contributed by atoms with E-state index >= 15 is 0 Å². The molecule has 1 heterocycles. The Bertz CT molecular complexity index is 756. The molecule has 1 aromatic heterocycles. The molecule has 0 aliphatic carbocycles. The number of benzene rings is 2. The van der Waals surface area contributed by atoms with Crippen molar-refractivity contribution < 1.29 is 19.4 Å². The molecule has 0 amide bonds. The quantitative estimate of drug-likeness (QED) is 0.689. The molecule has 0 radical (unpaired) electrons. The van der Waals surface area contributed by atoms with Gasteiger partial charge in [0.2, 0.25) is 5.75 Å². The third kappa shape index (κ3) is 1.83. The standard InChI is InChI=1S/C15H10O4/c16-13(9-4-2-1-3-5-9)10-6-7-12-11(8-10)14(17)15(18)19-12/h1-8,17-18H. The average molecular weight is 254 g/mol. The summed E-state index contributed by atoms with van der Waals surface area (Å²) in [6.45, 7) is 0. The second-order valence-electron chi connectivity index (χ2n) is 4.16. The summed E-state index contributed by atoms with van der Waals surface area (Å²) in [7, 11) is 0. The lowest BCUT2D eigenvalue weighted by Gasteiger charge is -2.00. The highest BCUT2D eigenvalue weighted by molar-refractivity contribution is 6.10. The van der Waals surface area contributed by atoms with Crippen LogP contribution in [0.5, 0.6) is 11.7 Å². The minimum absolute atomic E-state index is 0.150. The van der Waals surface area contributed by atoms with Crippen molar-refractivity contribution in [1.82, 2.24) is 0 Å². The van der Waals surface area contributed by atoms with Crippen LogP contribution in [0.1, 0.15) is 15.9 Å². The predicted molar refractivity (Wildman–Crippen MR) is 69.4 cm³/mol. The summed E-state index contributed by atoms with van der Waals surface area (Å²) in [5.74, 6) is -1.04. The number of ketones is 1. The Labute approximate surface area is 108 Å². The topological polar surface area (TPSA) is 70.7 Å². The number of carbonyl (C=O) groups is 1. The number of aromatic hydroxyl groups is 2. The zero-order valence-electron chi connectivity index (χ0n) is 9.83. The average Bonchev–Trinajstić information content (AvgIpc) is 2.74. The lowest BCUT2D eigenvalue weighted by Crippen LogP contribution is -2.00. The van der Waals surface area contributed by atoms with Crippen molar-refractivity contribution in [2.45, 2.75) is 0 Å². The summed E-state index contributed by atoms with van der Waals surface area (Å²) in [5, 5.41) is 19.2. The van der Waals surface area contributed by atoms with E-state index in [9.17, 15) is 15.0 Å². The molecule has 4 nitrogen and oxygen atoms in total. The number of hydrogen-bond donors (Lipinski definition) is 2. The van der Waals surface area contributed by atoms with Gasteiger partial charge in [0.1, 0.15) is 5.58 Å². The van der Waals surface area contributed by atoms with Crippen molar-refractivity contribution in [2.75, 3.05) is 0 Å². The van der Waals surface area contributed by atoms with Gasteiger partial charge in [-0.05, 0) is 18.2 Å². The second kappa shape index (κ2) is 4.17. The van der Waals surface area contributed by atoms with Gasteiger partial charge in [-0.3, -0.25) is 4.79 Å². The number of fused-ring (bicyclic) bond motifs is 1. The van der Waals surface area contributed by atoms with Crippen LogP contribution in [0.25, 0.3) is 11.0 Å². The molecule has 19 heavy (non-hydrogen) atoms. The van der Waals surface area contributed by atoms with Crippen LogP contribution in [-0.2, 0) is 0 Å². The van der Waals surface area contributed by atoms with E-state index in [1.165, 1.54) is 6.07 Å². The molecule has 3 aromatic rings. The molecule has 0 atom stereocenters. The fraction of sp³-hybridized carbons (Fsp3) is 0. The van der Waals surface area contributed by atoms with Crippen molar-refractivity contribution in [1.29, 1.82) is 0 Å². The smallest absolute Gasteiger partial charge is 0.327 e. The minimum atomic E-state index is -0.542. The maximum Gasteiger partial charge on any atom is 0.327 e. The monoisotopic (exact) mass is 254 g/mol. The maximum atomic E-state index is 12.2. The first kappa shape index (κ1) is 11.3. The van der Waals surface area contributed by atoms with Gasteiger partial charge < -0.3 is 14.6 Å². The van der Waals surface area contributed by atoms with E-state index in [4.69, 9.17) is 4.42 Å². The third-order valence-electron chi connectivity index (χ3n) is 2.94. The van der Waals surface area contributed by atoms with E-state index in [0.29, 0.717) is 22.1 Å². The van der Waals surface area contributed by atoms with Gasteiger partial charge in [-0.1, -0.05) is 30.3 Å². The normalized spacial score (nSPS) is 10.7. The van der Waals surface area contributed by atoms with Crippen molar-refractivity contribution in [3.8, 4) is 11.7 Å². The summed E-state index contributed by atoms with van der Waals surface area (Å²) >= 11 is 0.